The molecule has 1 aliphatic heterocycles. The molecule has 0 radical (unpaired) electrons. The van der Waals surface area contributed by atoms with Crippen molar-refractivity contribution in [2.45, 2.75) is 13.0 Å². The van der Waals surface area contributed by atoms with E-state index in [2.05, 4.69) is 4.98 Å². The molecule has 3 aromatic rings. The van der Waals surface area contributed by atoms with Crippen LogP contribution in [0.1, 0.15) is 16.8 Å². The van der Waals surface area contributed by atoms with E-state index in [4.69, 9.17) is 24.9 Å². The molecule has 1 aromatic carbocycles. The zero-order valence-electron chi connectivity index (χ0n) is 17.2. The molecule has 9 heteroatoms. The molecule has 0 unspecified atom stereocenters. The number of nitrogen functional groups attached to an aromatic ring is 1. The summed E-state index contributed by atoms with van der Waals surface area (Å²) in [5.41, 5.74) is 9.27. The molecule has 30 heavy (non-hydrogen) atoms. The van der Waals surface area contributed by atoms with Crippen molar-refractivity contribution < 1.29 is 23.9 Å². The maximum absolute atomic E-state index is 12.8. The molecule has 0 atom stereocenters. The van der Waals surface area contributed by atoms with E-state index in [1.165, 1.54) is 4.90 Å². The number of nitrogens with zero attached hydrogens (tertiary/aromatic N) is 3. The number of nitrogens with two attached hydrogens (primary N) is 1. The van der Waals surface area contributed by atoms with Crippen LogP contribution >= 0.6 is 0 Å². The quantitative estimate of drug-likeness (QED) is 0.403. The number of rotatable bonds is 8. The van der Waals surface area contributed by atoms with E-state index in [0.717, 1.165) is 44.8 Å². The number of quaternary nitrogens is 1. The van der Waals surface area contributed by atoms with Gasteiger partial charge in [0.2, 0.25) is 0 Å². The first-order valence-electron chi connectivity index (χ1n) is 10.3. The van der Waals surface area contributed by atoms with Crippen molar-refractivity contribution in [3.05, 3.63) is 29.8 Å². The molecule has 0 aliphatic carbocycles. The molecule has 0 bridgehead atoms. The number of hydrogen-bond acceptors (Lipinski definition) is 7. The lowest BCUT2D eigenvalue weighted by molar-refractivity contribution is -0.908. The van der Waals surface area contributed by atoms with E-state index < -0.39 is 5.97 Å². The maximum atomic E-state index is 12.8. The van der Waals surface area contributed by atoms with E-state index >= 15 is 0 Å². The third-order valence-electron chi connectivity index (χ3n) is 5.43. The number of methoxy groups -OCH3 is 1. The normalized spacial score (nSPS) is 15.1. The van der Waals surface area contributed by atoms with Gasteiger partial charge >= 0.3 is 5.97 Å². The highest BCUT2D eigenvalue weighted by Gasteiger charge is 2.25. The van der Waals surface area contributed by atoms with Crippen LogP contribution in [0.2, 0.25) is 0 Å². The molecule has 9 nitrogen and oxygen atoms in total. The second-order valence-corrected chi connectivity index (χ2v) is 7.39. The van der Waals surface area contributed by atoms with Gasteiger partial charge < -0.3 is 29.4 Å². The van der Waals surface area contributed by atoms with Crippen LogP contribution in [0.5, 0.6) is 0 Å². The summed E-state index contributed by atoms with van der Waals surface area (Å²) in [6, 6.07) is 7.59. The highest BCUT2D eigenvalue weighted by atomic mass is 16.6. The molecule has 3 heterocycles. The minimum atomic E-state index is -0.503. The van der Waals surface area contributed by atoms with Gasteiger partial charge in [0.05, 0.1) is 37.4 Å². The molecular weight excluding hydrogens is 386 g/mol. The Labute approximate surface area is 174 Å². The Morgan fingerprint density at radius 2 is 1.93 bits per heavy atom. The van der Waals surface area contributed by atoms with Crippen molar-refractivity contribution in [1.82, 2.24) is 14.5 Å². The second kappa shape index (κ2) is 9.38. The second-order valence-electron chi connectivity index (χ2n) is 7.39. The number of aryl methyl sites for hydroxylation is 1. The van der Waals surface area contributed by atoms with Gasteiger partial charge in [-0.1, -0.05) is 12.1 Å². The Kier molecular flexibility index (Phi) is 6.41. The number of benzene rings is 1. The molecular formula is C21H28N5O4+. The van der Waals surface area contributed by atoms with Crippen molar-refractivity contribution in [1.29, 1.82) is 0 Å². The number of fused-ring (bicyclic) bond motifs is 2. The van der Waals surface area contributed by atoms with Gasteiger partial charge in [0.15, 0.2) is 5.65 Å². The summed E-state index contributed by atoms with van der Waals surface area (Å²) in [4.78, 5) is 23.7. The Balaban J connectivity index is 1.65. The summed E-state index contributed by atoms with van der Waals surface area (Å²) in [6.45, 7) is 5.79. The number of ether oxygens (including phenoxy) is 3. The largest absolute Gasteiger partial charge is 0.459 e. The van der Waals surface area contributed by atoms with Crippen molar-refractivity contribution in [3.63, 3.8) is 0 Å². The Bertz CT molecular complexity index is 1030. The number of carbonyl (C=O) groups is 1. The molecule has 160 valence electrons. The van der Waals surface area contributed by atoms with Crippen LogP contribution in [0.15, 0.2) is 24.3 Å². The lowest BCUT2D eigenvalue weighted by atomic mass is 10.2. The maximum Gasteiger partial charge on any atom is 0.344 e. The van der Waals surface area contributed by atoms with Gasteiger partial charge in [-0.05, 0) is 12.1 Å². The predicted molar refractivity (Wildman–Crippen MR) is 113 cm³/mol. The number of hydrogen-bond donors (Lipinski definition) is 2. The molecule has 4 rings (SSSR count). The minimum absolute atomic E-state index is 0.156. The molecule has 0 amide bonds. The third kappa shape index (κ3) is 4.23. The number of esters is 1. The van der Waals surface area contributed by atoms with Crippen LogP contribution in [0.25, 0.3) is 22.2 Å². The van der Waals surface area contributed by atoms with E-state index in [9.17, 15) is 4.79 Å². The standard InChI is InChI=1S/C21H27N5O4/c1-28-13-14-30-21(27)17-18-20(24-16-6-3-2-5-15(16)23-18)26(19(17)22)8-4-7-25-9-11-29-12-10-25/h2-3,5-6H,4,7-14,22H2,1H3/p+1. The Morgan fingerprint density at radius 1 is 1.20 bits per heavy atom. The summed E-state index contributed by atoms with van der Waals surface area (Å²) >= 11 is 0. The number of carbonyl (C=O) groups excluding carboxylic acids is 1. The third-order valence-corrected chi connectivity index (χ3v) is 5.43. The van der Waals surface area contributed by atoms with Gasteiger partial charge in [0.25, 0.3) is 0 Å². The van der Waals surface area contributed by atoms with Crippen molar-refractivity contribution in [2.24, 2.45) is 0 Å². The number of nitrogens with one attached hydrogen (secondary N) is 1. The topological polar surface area (TPSA) is 106 Å². The summed E-state index contributed by atoms with van der Waals surface area (Å²) in [6.07, 6.45) is 0.913. The molecule has 1 fully saturated rings. The Morgan fingerprint density at radius 3 is 2.67 bits per heavy atom. The monoisotopic (exact) mass is 414 g/mol. The van der Waals surface area contributed by atoms with Crippen LogP contribution in [0.4, 0.5) is 5.82 Å². The number of aromatic nitrogens is 3. The lowest BCUT2D eigenvalue weighted by Crippen LogP contribution is -3.14. The minimum Gasteiger partial charge on any atom is -0.459 e. The predicted octanol–water partition coefficient (Wildman–Crippen LogP) is 0.275. The fourth-order valence-corrected chi connectivity index (χ4v) is 3.83. The van der Waals surface area contributed by atoms with Crippen LogP contribution in [-0.4, -0.2) is 73.7 Å². The molecule has 0 saturated carbocycles. The molecule has 0 spiro atoms. The van der Waals surface area contributed by atoms with Crippen molar-refractivity contribution in [2.75, 3.05) is 58.9 Å². The number of morpholine rings is 1. The first-order chi connectivity index (χ1) is 14.7. The molecule has 1 aliphatic rings. The highest BCUT2D eigenvalue weighted by molar-refractivity contribution is 6.08. The van der Waals surface area contributed by atoms with E-state index in [0.29, 0.717) is 35.7 Å². The van der Waals surface area contributed by atoms with E-state index in [1.807, 2.05) is 28.8 Å². The van der Waals surface area contributed by atoms with E-state index in [-0.39, 0.29) is 12.2 Å². The van der Waals surface area contributed by atoms with Gasteiger partial charge in [-0.2, -0.15) is 0 Å². The smallest absolute Gasteiger partial charge is 0.344 e. The van der Waals surface area contributed by atoms with E-state index in [1.54, 1.807) is 7.11 Å². The zero-order chi connectivity index (χ0) is 20.9. The molecule has 3 N–H and O–H groups in total. The van der Waals surface area contributed by atoms with Crippen LogP contribution in [0, 0.1) is 0 Å². The highest BCUT2D eigenvalue weighted by Crippen LogP contribution is 2.28. The molecule has 2 aromatic heterocycles. The van der Waals surface area contributed by atoms with Gasteiger partial charge in [0.1, 0.15) is 36.6 Å². The van der Waals surface area contributed by atoms with Crippen LogP contribution in [-0.2, 0) is 20.8 Å². The fraction of sp³-hybridized carbons (Fsp3) is 0.476. The van der Waals surface area contributed by atoms with Gasteiger partial charge in [0, 0.05) is 20.1 Å². The van der Waals surface area contributed by atoms with Gasteiger partial charge in [-0.25, -0.2) is 14.8 Å². The summed E-state index contributed by atoms with van der Waals surface area (Å²) < 4.78 is 17.6. The number of anilines is 1. The average molecular weight is 414 g/mol. The Hall–Kier alpha value is -2.75. The summed E-state index contributed by atoms with van der Waals surface area (Å²) in [5, 5.41) is 0. The number of para-hydroxylation sites is 2. The SMILES string of the molecule is COCCOC(=O)c1c(N)n(CCC[NH+]2CCOCC2)c2nc3ccccc3nc12. The molecule has 1 saturated heterocycles. The first-order valence-corrected chi connectivity index (χ1v) is 10.3. The van der Waals surface area contributed by atoms with Gasteiger partial charge in [-0.15, -0.1) is 0 Å². The average Bonchev–Trinajstić information content (AvgIpc) is 3.03. The zero-order valence-corrected chi connectivity index (χ0v) is 17.2. The fourth-order valence-electron chi connectivity index (χ4n) is 3.83. The van der Waals surface area contributed by atoms with Crippen molar-refractivity contribution in [3.8, 4) is 0 Å². The van der Waals surface area contributed by atoms with Crippen LogP contribution < -0.4 is 10.6 Å². The van der Waals surface area contributed by atoms with Gasteiger partial charge in [-0.3, -0.25) is 0 Å². The van der Waals surface area contributed by atoms with Crippen LogP contribution in [0.3, 0.4) is 0 Å². The first kappa shape index (κ1) is 20.5. The summed E-state index contributed by atoms with van der Waals surface area (Å²) in [7, 11) is 1.56. The lowest BCUT2D eigenvalue weighted by Gasteiger charge is -2.23. The van der Waals surface area contributed by atoms with Crippen molar-refractivity contribution >= 4 is 34.0 Å². The summed E-state index contributed by atoms with van der Waals surface area (Å²) in [5.74, 6) is -0.156.